The summed E-state index contributed by atoms with van der Waals surface area (Å²) in [7, 11) is 0. The van der Waals surface area contributed by atoms with E-state index in [1.54, 1.807) is 6.08 Å². The zero-order valence-corrected chi connectivity index (χ0v) is 12.8. The maximum atomic E-state index is 13.8. The lowest BCUT2D eigenvalue weighted by Crippen LogP contribution is -2.25. The smallest absolute Gasteiger partial charge is 0.170 e. The molecule has 112 valence electrons. The molecule has 0 saturated heterocycles. The molecular weight excluding hydrogens is 291 g/mol. The number of allylic oxidation sites excluding steroid dienone is 2. The van der Waals surface area contributed by atoms with Gasteiger partial charge in [-0.1, -0.05) is 31.4 Å². The molecule has 0 amide bonds. The van der Waals surface area contributed by atoms with E-state index in [4.69, 9.17) is 11.6 Å². The first-order chi connectivity index (χ1) is 9.98. The molecule has 1 aromatic carbocycles. The van der Waals surface area contributed by atoms with Crippen LogP contribution in [0.15, 0.2) is 12.1 Å². The first kappa shape index (κ1) is 14.6. The van der Waals surface area contributed by atoms with Gasteiger partial charge in [0.25, 0.3) is 0 Å². The second-order valence-corrected chi connectivity index (χ2v) is 6.51. The lowest BCUT2D eigenvalue weighted by molar-refractivity contribution is -0.115. The Labute approximate surface area is 128 Å². The third kappa shape index (κ3) is 2.18. The van der Waals surface area contributed by atoms with E-state index in [0.29, 0.717) is 18.4 Å². The van der Waals surface area contributed by atoms with Crippen LogP contribution in [-0.4, -0.2) is 10.9 Å². The van der Waals surface area contributed by atoms with Crippen LogP contribution in [0.2, 0.25) is 5.02 Å². The van der Waals surface area contributed by atoms with E-state index in [9.17, 15) is 14.3 Å². The van der Waals surface area contributed by atoms with Crippen LogP contribution in [0.1, 0.15) is 50.2 Å². The molecule has 2 aliphatic carbocycles. The number of benzene rings is 1. The van der Waals surface area contributed by atoms with Crippen molar-refractivity contribution in [3.63, 3.8) is 0 Å². The van der Waals surface area contributed by atoms with Gasteiger partial charge in [-0.2, -0.15) is 0 Å². The number of carbonyl (C=O) groups excluding carboxylic acids is 1. The number of halogens is 2. The van der Waals surface area contributed by atoms with Crippen molar-refractivity contribution in [2.24, 2.45) is 5.41 Å². The quantitative estimate of drug-likeness (QED) is 0.881. The molecule has 0 fully saturated rings. The average Bonchev–Trinajstić information content (AvgIpc) is 2.78. The average molecular weight is 309 g/mol. The van der Waals surface area contributed by atoms with Crippen molar-refractivity contribution in [2.75, 3.05) is 0 Å². The van der Waals surface area contributed by atoms with Gasteiger partial charge < -0.3 is 5.11 Å². The summed E-state index contributed by atoms with van der Waals surface area (Å²) in [6, 6.07) is 1.33. The Kier molecular flexibility index (Phi) is 3.56. The third-order valence-corrected chi connectivity index (χ3v) is 5.24. The predicted octanol–water partition coefficient (Wildman–Crippen LogP) is 4.66. The first-order valence-electron chi connectivity index (χ1n) is 7.44. The van der Waals surface area contributed by atoms with Gasteiger partial charge in [0.1, 0.15) is 0 Å². The zero-order chi connectivity index (χ0) is 15.2. The number of aromatic hydroxyl groups is 1. The predicted molar refractivity (Wildman–Crippen MR) is 81.0 cm³/mol. The Hall–Kier alpha value is -1.35. The van der Waals surface area contributed by atoms with E-state index in [0.717, 1.165) is 36.8 Å². The van der Waals surface area contributed by atoms with Crippen LogP contribution in [0.25, 0.3) is 5.57 Å². The van der Waals surface area contributed by atoms with Crippen molar-refractivity contribution in [3.8, 4) is 5.75 Å². The number of hydrogen-bond acceptors (Lipinski definition) is 2. The Balaban J connectivity index is 2.16. The van der Waals surface area contributed by atoms with Gasteiger partial charge in [0, 0.05) is 11.8 Å². The Bertz CT molecular complexity index is 651. The van der Waals surface area contributed by atoms with E-state index >= 15 is 0 Å². The van der Waals surface area contributed by atoms with Gasteiger partial charge in [-0.05, 0) is 48.1 Å². The fourth-order valence-corrected chi connectivity index (χ4v) is 3.95. The minimum Gasteiger partial charge on any atom is -0.504 e. The van der Waals surface area contributed by atoms with E-state index in [1.165, 1.54) is 6.07 Å². The molecule has 2 aliphatic rings. The number of carbonyl (C=O) groups is 1. The highest BCUT2D eigenvalue weighted by Gasteiger charge is 2.45. The van der Waals surface area contributed by atoms with Crippen molar-refractivity contribution in [1.29, 1.82) is 0 Å². The molecular formula is C17H18ClFO2. The minimum atomic E-state index is -0.719. The van der Waals surface area contributed by atoms with E-state index < -0.39 is 11.6 Å². The Morgan fingerprint density at radius 2 is 2.24 bits per heavy atom. The number of phenolic OH excluding ortho intramolecular Hbond substituents is 1. The Morgan fingerprint density at radius 3 is 2.95 bits per heavy atom. The molecule has 2 nitrogen and oxygen atoms in total. The highest BCUT2D eigenvalue weighted by Crippen LogP contribution is 2.57. The van der Waals surface area contributed by atoms with Crippen molar-refractivity contribution < 1.29 is 14.3 Å². The highest BCUT2D eigenvalue weighted by molar-refractivity contribution is 6.33. The highest BCUT2D eigenvalue weighted by atomic mass is 35.5. The molecule has 3 rings (SSSR count). The zero-order valence-electron chi connectivity index (χ0n) is 12.0. The van der Waals surface area contributed by atoms with E-state index in [1.807, 2.05) is 0 Å². The van der Waals surface area contributed by atoms with Crippen molar-refractivity contribution in [2.45, 2.75) is 45.4 Å². The van der Waals surface area contributed by atoms with Gasteiger partial charge in [-0.15, -0.1) is 0 Å². The van der Waals surface area contributed by atoms with Crippen LogP contribution in [0, 0.1) is 11.2 Å². The molecule has 0 heterocycles. The van der Waals surface area contributed by atoms with Crippen LogP contribution in [0.3, 0.4) is 0 Å². The number of ketones is 1. The molecule has 0 radical (unpaired) electrons. The molecule has 1 atom stereocenters. The summed E-state index contributed by atoms with van der Waals surface area (Å²) in [4.78, 5) is 11.8. The molecule has 1 unspecified atom stereocenters. The molecule has 21 heavy (non-hydrogen) atoms. The number of fused-ring (bicyclic) bond motifs is 3. The van der Waals surface area contributed by atoms with Crippen LogP contribution in [0.5, 0.6) is 5.75 Å². The summed E-state index contributed by atoms with van der Waals surface area (Å²) < 4.78 is 13.8. The summed E-state index contributed by atoms with van der Waals surface area (Å²) in [6.45, 7) is 2.13. The number of unbranched alkanes of at least 4 members (excludes halogenated alkanes) is 1. The van der Waals surface area contributed by atoms with Gasteiger partial charge >= 0.3 is 0 Å². The number of phenols is 1. The molecule has 0 aromatic heterocycles. The molecule has 0 spiro atoms. The Morgan fingerprint density at radius 1 is 1.48 bits per heavy atom. The van der Waals surface area contributed by atoms with Gasteiger partial charge in [-0.3, -0.25) is 4.79 Å². The molecule has 0 bridgehead atoms. The minimum absolute atomic E-state index is 0.0922. The van der Waals surface area contributed by atoms with Crippen LogP contribution in [-0.2, 0) is 11.2 Å². The van der Waals surface area contributed by atoms with Crippen LogP contribution >= 0.6 is 11.6 Å². The topological polar surface area (TPSA) is 37.3 Å². The van der Waals surface area contributed by atoms with Gasteiger partial charge in [0.2, 0.25) is 0 Å². The first-order valence-corrected chi connectivity index (χ1v) is 7.81. The second kappa shape index (κ2) is 5.13. The van der Waals surface area contributed by atoms with Crippen molar-refractivity contribution in [3.05, 3.63) is 34.1 Å². The molecule has 1 aromatic rings. The number of rotatable bonds is 3. The summed E-state index contributed by atoms with van der Waals surface area (Å²) in [5.41, 5.74) is 2.30. The standard InChI is InChI=1S/C17H18ClFO2/c1-2-3-5-17-6-4-10(20)7-13(17)11-8-14(19)16(21)15(18)12(11)9-17/h7-8,21H,2-6,9H2,1H3. The molecule has 0 aliphatic heterocycles. The number of hydrogen-bond donors (Lipinski definition) is 1. The fourth-order valence-electron chi connectivity index (χ4n) is 3.69. The normalized spacial score (nSPS) is 23.8. The molecule has 0 saturated carbocycles. The maximum absolute atomic E-state index is 13.8. The van der Waals surface area contributed by atoms with Crippen molar-refractivity contribution >= 4 is 23.0 Å². The fraction of sp³-hybridized carbons (Fsp3) is 0.471. The SMILES string of the molecule is CCCCC12CCC(=O)C=C1c1cc(F)c(O)c(Cl)c1C2. The van der Waals surface area contributed by atoms with Crippen LogP contribution < -0.4 is 0 Å². The van der Waals surface area contributed by atoms with Crippen molar-refractivity contribution in [1.82, 2.24) is 0 Å². The largest absolute Gasteiger partial charge is 0.504 e. The monoisotopic (exact) mass is 308 g/mol. The molecule has 4 heteroatoms. The lowest BCUT2D eigenvalue weighted by Gasteiger charge is -2.34. The van der Waals surface area contributed by atoms with Gasteiger partial charge in [0.15, 0.2) is 17.3 Å². The second-order valence-electron chi connectivity index (χ2n) is 6.13. The van der Waals surface area contributed by atoms with Gasteiger partial charge in [0.05, 0.1) is 5.02 Å². The van der Waals surface area contributed by atoms with Crippen LogP contribution in [0.4, 0.5) is 4.39 Å². The van der Waals surface area contributed by atoms with E-state index in [-0.39, 0.29) is 16.2 Å². The lowest BCUT2D eigenvalue weighted by atomic mass is 9.69. The summed E-state index contributed by atoms with van der Waals surface area (Å²) in [5.74, 6) is -1.11. The summed E-state index contributed by atoms with van der Waals surface area (Å²) >= 11 is 6.14. The maximum Gasteiger partial charge on any atom is 0.170 e. The summed E-state index contributed by atoms with van der Waals surface area (Å²) in [5, 5.41) is 9.82. The molecule has 1 N–H and O–H groups in total. The van der Waals surface area contributed by atoms with Gasteiger partial charge in [-0.25, -0.2) is 4.39 Å². The van der Waals surface area contributed by atoms with E-state index in [2.05, 4.69) is 6.92 Å². The third-order valence-electron chi connectivity index (χ3n) is 4.84. The summed E-state index contributed by atoms with van der Waals surface area (Å²) in [6.07, 6.45) is 6.78.